The lowest BCUT2D eigenvalue weighted by Crippen LogP contribution is -2.07. The molecule has 84 valence electrons. The van der Waals surface area contributed by atoms with Gasteiger partial charge in [-0.15, -0.1) is 0 Å². The molecule has 5 heteroatoms. The monoisotopic (exact) mass is 231 g/mol. The van der Waals surface area contributed by atoms with Gasteiger partial charge < -0.3 is 19.9 Å². The molecule has 0 bridgehead atoms. The Morgan fingerprint density at radius 3 is 2.53 bits per heavy atom. The minimum atomic E-state index is 0.0898. The van der Waals surface area contributed by atoms with E-state index in [9.17, 15) is 5.11 Å². The highest BCUT2D eigenvalue weighted by Gasteiger charge is 2.17. The summed E-state index contributed by atoms with van der Waals surface area (Å²) >= 11 is 6.07. The van der Waals surface area contributed by atoms with Crippen LogP contribution in [0, 0.1) is 0 Å². The van der Waals surface area contributed by atoms with Crippen LogP contribution >= 0.6 is 11.6 Å². The molecule has 0 aliphatic rings. The molecule has 0 radical (unpaired) electrons. The number of phenols is 1. The van der Waals surface area contributed by atoms with E-state index in [1.54, 1.807) is 7.05 Å². The molecule has 0 saturated heterocycles. The van der Waals surface area contributed by atoms with Crippen molar-refractivity contribution < 1.29 is 14.6 Å². The second-order valence-electron chi connectivity index (χ2n) is 2.95. The first-order valence-electron chi connectivity index (χ1n) is 4.42. The highest BCUT2D eigenvalue weighted by molar-refractivity contribution is 6.33. The number of rotatable bonds is 4. The molecule has 0 aliphatic heterocycles. The van der Waals surface area contributed by atoms with E-state index in [-0.39, 0.29) is 5.75 Å². The van der Waals surface area contributed by atoms with E-state index >= 15 is 0 Å². The number of hydrogen-bond acceptors (Lipinski definition) is 4. The average Bonchev–Trinajstić information content (AvgIpc) is 2.23. The van der Waals surface area contributed by atoms with E-state index in [0.29, 0.717) is 28.6 Å². The van der Waals surface area contributed by atoms with Crippen LogP contribution in [-0.2, 0) is 6.54 Å². The molecule has 0 aromatic heterocycles. The second-order valence-corrected chi connectivity index (χ2v) is 3.33. The first-order valence-corrected chi connectivity index (χ1v) is 4.80. The fraction of sp³-hybridized carbons (Fsp3) is 0.400. The predicted octanol–water partition coefficient (Wildman–Crippen LogP) is 1.78. The van der Waals surface area contributed by atoms with Crippen LogP contribution in [0.5, 0.6) is 17.2 Å². The van der Waals surface area contributed by atoms with Gasteiger partial charge in [0.2, 0.25) is 0 Å². The molecule has 0 heterocycles. The van der Waals surface area contributed by atoms with Crippen molar-refractivity contribution in [3.8, 4) is 17.2 Å². The standard InChI is InChI=1S/C10H14ClNO3/c1-12-5-6-7(13)4-8(14-2)10(15-3)9(6)11/h4,12-13H,5H2,1-3H3. The van der Waals surface area contributed by atoms with Crippen LogP contribution in [0.25, 0.3) is 0 Å². The van der Waals surface area contributed by atoms with Crippen molar-refractivity contribution in [2.45, 2.75) is 6.54 Å². The molecule has 0 unspecified atom stereocenters. The van der Waals surface area contributed by atoms with Gasteiger partial charge in [-0.25, -0.2) is 0 Å². The van der Waals surface area contributed by atoms with Gasteiger partial charge in [-0.2, -0.15) is 0 Å². The van der Waals surface area contributed by atoms with E-state index in [2.05, 4.69) is 5.32 Å². The SMILES string of the molecule is CNCc1c(O)cc(OC)c(OC)c1Cl. The molecule has 4 nitrogen and oxygen atoms in total. The smallest absolute Gasteiger partial charge is 0.179 e. The van der Waals surface area contributed by atoms with E-state index < -0.39 is 0 Å². The minimum Gasteiger partial charge on any atom is -0.507 e. The molecular weight excluding hydrogens is 218 g/mol. The summed E-state index contributed by atoms with van der Waals surface area (Å²) in [6, 6.07) is 1.48. The summed E-state index contributed by atoms with van der Waals surface area (Å²) in [6.07, 6.45) is 0. The molecule has 1 rings (SSSR count). The molecule has 1 aromatic rings. The van der Waals surface area contributed by atoms with Crippen molar-refractivity contribution in [3.05, 3.63) is 16.7 Å². The lowest BCUT2D eigenvalue weighted by molar-refractivity contribution is 0.350. The molecule has 0 fully saturated rings. The van der Waals surface area contributed by atoms with Gasteiger partial charge in [-0.1, -0.05) is 11.6 Å². The third-order valence-electron chi connectivity index (χ3n) is 2.04. The number of phenolic OH excluding ortho intramolecular Hbond substituents is 1. The fourth-order valence-corrected chi connectivity index (χ4v) is 1.66. The highest BCUT2D eigenvalue weighted by atomic mass is 35.5. The number of nitrogens with one attached hydrogen (secondary N) is 1. The molecule has 0 saturated carbocycles. The van der Waals surface area contributed by atoms with Crippen LogP contribution < -0.4 is 14.8 Å². The van der Waals surface area contributed by atoms with Gasteiger partial charge >= 0.3 is 0 Å². The average molecular weight is 232 g/mol. The first-order chi connectivity index (χ1) is 7.15. The van der Waals surface area contributed by atoms with Crippen LogP contribution in [0.2, 0.25) is 5.02 Å². The number of benzene rings is 1. The third kappa shape index (κ3) is 2.27. The Bertz CT molecular complexity index is 355. The third-order valence-corrected chi connectivity index (χ3v) is 2.44. The molecule has 2 N–H and O–H groups in total. The quantitative estimate of drug-likeness (QED) is 0.830. The van der Waals surface area contributed by atoms with E-state index in [4.69, 9.17) is 21.1 Å². The Hall–Kier alpha value is -1.13. The lowest BCUT2D eigenvalue weighted by Gasteiger charge is -2.14. The second kappa shape index (κ2) is 5.09. The van der Waals surface area contributed by atoms with E-state index in [1.807, 2.05) is 0 Å². The predicted molar refractivity (Wildman–Crippen MR) is 59.0 cm³/mol. The number of hydrogen-bond donors (Lipinski definition) is 2. The van der Waals surface area contributed by atoms with Crippen LogP contribution in [-0.4, -0.2) is 26.4 Å². The van der Waals surface area contributed by atoms with Crippen LogP contribution in [0.1, 0.15) is 5.56 Å². The van der Waals surface area contributed by atoms with Crippen molar-refractivity contribution in [2.75, 3.05) is 21.3 Å². The molecule has 1 aromatic carbocycles. The van der Waals surface area contributed by atoms with Crippen molar-refractivity contribution in [3.63, 3.8) is 0 Å². The van der Waals surface area contributed by atoms with Crippen LogP contribution in [0.15, 0.2) is 6.07 Å². The first kappa shape index (κ1) is 11.9. The molecule has 15 heavy (non-hydrogen) atoms. The van der Waals surface area contributed by atoms with Crippen LogP contribution in [0.4, 0.5) is 0 Å². The Labute approximate surface area is 93.8 Å². The topological polar surface area (TPSA) is 50.7 Å². The summed E-state index contributed by atoms with van der Waals surface area (Å²) in [5.74, 6) is 0.939. The van der Waals surface area contributed by atoms with Crippen molar-refractivity contribution in [2.24, 2.45) is 0 Å². The van der Waals surface area contributed by atoms with Crippen molar-refractivity contribution in [1.29, 1.82) is 0 Å². The Morgan fingerprint density at radius 1 is 1.40 bits per heavy atom. The molecule has 0 atom stereocenters. The van der Waals surface area contributed by atoms with Gasteiger partial charge in [-0.05, 0) is 7.05 Å². The Balaban J connectivity index is 3.31. The maximum Gasteiger partial charge on any atom is 0.179 e. The fourth-order valence-electron chi connectivity index (χ4n) is 1.32. The minimum absolute atomic E-state index is 0.0898. The summed E-state index contributed by atoms with van der Waals surface area (Å²) in [6.45, 7) is 0.463. The summed E-state index contributed by atoms with van der Waals surface area (Å²) < 4.78 is 10.2. The van der Waals surface area contributed by atoms with Crippen molar-refractivity contribution >= 4 is 11.6 Å². The Morgan fingerprint density at radius 2 is 2.07 bits per heavy atom. The highest BCUT2D eigenvalue weighted by Crippen LogP contribution is 2.42. The summed E-state index contributed by atoms with van der Waals surface area (Å²) in [5.41, 5.74) is 0.594. The maximum absolute atomic E-state index is 9.69. The van der Waals surface area contributed by atoms with Crippen molar-refractivity contribution in [1.82, 2.24) is 5.32 Å². The molecule has 0 aliphatic carbocycles. The largest absolute Gasteiger partial charge is 0.507 e. The number of methoxy groups -OCH3 is 2. The van der Waals surface area contributed by atoms with Gasteiger partial charge in [0, 0.05) is 18.2 Å². The molecule has 0 spiro atoms. The zero-order chi connectivity index (χ0) is 11.4. The summed E-state index contributed by atoms with van der Waals surface area (Å²) in [4.78, 5) is 0. The molecular formula is C10H14ClNO3. The lowest BCUT2D eigenvalue weighted by atomic mass is 10.1. The van der Waals surface area contributed by atoms with Gasteiger partial charge in [0.05, 0.1) is 19.2 Å². The normalized spacial score (nSPS) is 10.1. The number of ether oxygens (including phenoxy) is 2. The molecule has 0 amide bonds. The summed E-state index contributed by atoms with van der Waals surface area (Å²) in [7, 11) is 4.77. The number of aromatic hydroxyl groups is 1. The van der Waals surface area contributed by atoms with E-state index in [0.717, 1.165) is 0 Å². The zero-order valence-electron chi connectivity index (χ0n) is 8.93. The zero-order valence-corrected chi connectivity index (χ0v) is 9.68. The maximum atomic E-state index is 9.69. The van der Waals surface area contributed by atoms with Gasteiger partial charge in [0.1, 0.15) is 5.75 Å². The van der Waals surface area contributed by atoms with Gasteiger partial charge in [-0.3, -0.25) is 0 Å². The number of halogens is 1. The Kier molecular flexibility index (Phi) is 4.05. The van der Waals surface area contributed by atoms with E-state index in [1.165, 1.54) is 20.3 Å². The van der Waals surface area contributed by atoms with Gasteiger partial charge in [0.15, 0.2) is 11.5 Å². The van der Waals surface area contributed by atoms with Crippen LogP contribution in [0.3, 0.4) is 0 Å². The van der Waals surface area contributed by atoms with Gasteiger partial charge in [0.25, 0.3) is 0 Å². The summed E-state index contributed by atoms with van der Waals surface area (Å²) in [5, 5.41) is 13.0.